The molecule has 0 bridgehead atoms. The van der Waals surface area contributed by atoms with Gasteiger partial charge in [-0.3, -0.25) is 0 Å². The van der Waals surface area contributed by atoms with E-state index >= 15 is 0 Å². The minimum absolute atomic E-state index is 0.653. The molecule has 0 spiro atoms. The highest BCUT2D eigenvalue weighted by atomic mass is 15.5. The Labute approximate surface area is 117 Å². The summed E-state index contributed by atoms with van der Waals surface area (Å²) in [6.07, 6.45) is 0. The van der Waals surface area contributed by atoms with Gasteiger partial charge < -0.3 is 5.73 Å². The summed E-state index contributed by atoms with van der Waals surface area (Å²) in [5.41, 5.74) is 10.7. The van der Waals surface area contributed by atoms with Crippen molar-refractivity contribution in [2.45, 2.75) is 13.8 Å². The highest BCUT2D eigenvalue weighted by Gasteiger charge is 2.14. The quantitative estimate of drug-likeness (QED) is 0.723. The van der Waals surface area contributed by atoms with E-state index in [0.29, 0.717) is 11.5 Å². The Morgan fingerprint density at radius 1 is 1.05 bits per heavy atom. The summed E-state index contributed by atoms with van der Waals surface area (Å²) in [5.74, 6) is 0.653. The van der Waals surface area contributed by atoms with Crippen molar-refractivity contribution in [3.8, 4) is 17.1 Å². The zero-order chi connectivity index (χ0) is 14.1. The molecule has 0 aliphatic heterocycles. The Bertz CT molecular complexity index is 760. The van der Waals surface area contributed by atoms with E-state index in [0.717, 1.165) is 22.4 Å². The molecule has 0 fully saturated rings. The van der Waals surface area contributed by atoms with Gasteiger partial charge in [-0.1, -0.05) is 29.8 Å². The fraction of sp³-hybridized carbons (Fsp3) is 0.133. The summed E-state index contributed by atoms with van der Waals surface area (Å²) < 4.78 is 1.72. The van der Waals surface area contributed by atoms with Crippen LogP contribution in [0.15, 0.2) is 42.5 Å². The Kier molecular flexibility index (Phi) is 2.95. The summed E-state index contributed by atoms with van der Waals surface area (Å²) in [4.78, 5) is 0. The summed E-state index contributed by atoms with van der Waals surface area (Å²) in [6, 6.07) is 13.8. The van der Waals surface area contributed by atoms with Crippen molar-refractivity contribution in [1.82, 2.24) is 20.2 Å². The van der Waals surface area contributed by atoms with Crippen LogP contribution in [-0.2, 0) is 0 Å². The lowest BCUT2D eigenvalue weighted by Crippen LogP contribution is -2.03. The fourth-order valence-corrected chi connectivity index (χ4v) is 2.18. The molecule has 0 saturated heterocycles. The van der Waals surface area contributed by atoms with Crippen LogP contribution in [0.4, 0.5) is 5.69 Å². The zero-order valence-corrected chi connectivity index (χ0v) is 11.4. The van der Waals surface area contributed by atoms with Crippen molar-refractivity contribution >= 4 is 5.69 Å². The van der Waals surface area contributed by atoms with Crippen LogP contribution < -0.4 is 5.73 Å². The van der Waals surface area contributed by atoms with Crippen LogP contribution in [0.1, 0.15) is 11.1 Å². The SMILES string of the molecule is Cc1ccc(N)c(-c2nnnn2-c2ccccc2C)c1. The van der Waals surface area contributed by atoms with E-state index in [2.05, 4.69) is 15.5 Å². The molecule has 0 atom stereocenters. The lowest BCUT2D eigenvalue weighted by Gasteiger charge is -2.09. The van der Waals surface area contributed by atoms with Crippen LogP contribution in [0, 0.1) is 13.8 Å². The third kappa shape index (κ3) is 2.03. The largest absolute Gasteiger partial charge is 0.398 e. The molecule has 2 N–H and O–H groups in total. The van der Waals surface area contributed by atoms with Gasteiger partial charge in [-0.15, -0.1) is 5.10 Å². The minimum Gasteiger partial charge on any atom is -0.398 e. The Hall–Kier alpha value is -2.69. The second-order valence-electron chi connectivity index (χ2n) is 4.79. The molecule has 1 aromatic heterocycles. The molecule has 1 heterocycles. The van der Waals surface area contributed by atoms with E-state index in [1.54, 1.807) is 4.68 Å². The van der Waals surface area contributed by atoms with Gasteiger partial charge >= 0.3 is 0 Å². The molecule has 0 aliphatic carbocycles. The number of aromatic nitrogens is 4. The van der Waals surface area contributed by atoms with Crippen LogP contribution in [0.25, 0.3) is 17.1 Å². The number of tetrazole rings is 1. The molecule has 5 nitrogen and oxygen atoms in total. The maximum atomic E-state index is 6.06. The number of benzene rings is 2. The smallest absolute Gasteiger partial charge is 0.189 e. The van der Waals surface area contributed by atoms with Crippen LogP contribution >= 0.6 is 0 Å². The number of nitrogen functional groups attached to an aromatic ring is 1. The van der Waals surface area contributed by atoms with Gasteiger partial charge in [0.1, 0.15) is 0 Å². The molecule has 0 radical (unpaired) electrons. The van der Waals surface area contributed by atoms with Gasteiger partial charge in [-0.2, -0.15) is 4.68 Å². The van der Waals surface area contributed by atoms with Gasteiger partial charge in [-0.05, 0) is 48.0 Å². The highest BCUT2D eigenvalue weighted by Crippen LogP contribution is 2.27. The summed E-state index contributed by atoms with van der Waals surface area (Å²) in [5, 5.41) is 12.0. The van der Waals surface area contributed by atoms with Gasteiger partial charge in [0.15, 0.2) is 5.82 Å². The van der Waals surface area contributed by atoms with E-state index in [4.69, 9.17) is 5.73 Å². The molecule has 5 heteroatoms. The zero-order valence-electron chi connectivity index (χ0n) is 11.4. The van der Waals surface area contributed by atoms with Crippen LogP contribution in [-0.4, -0.2) is 20.2 Å². The lowest BCUT2D eigenvalue weighted by atomic mass is 10.1. The van der Waals surface area contributed by atoms with E-state index < -0.39 is 0 Å². The van der Waals surface area contributed by atoms with E-state index in [-0.39, 0.29) is 0 Å². The van der Waals surface area contributed by atoms with Crippen LogP contribution in [0.5, 0.6) is 0 Å². The van der Waals surface area contributed by atoms with Gasteiger partial charge in [0, 0.05) is 11.3 Å². The van der Waals surface area contributed by atoms with Crippen molar-refractivity contribution in [2.24, 2.45) is 0 Å². The topological polar surface area (TPSA) is 69.6 Å². The molecular formula is C15H15N5. The Morgan fingerprint density at radius 2 is 1.85 bits per heavy atom. The summed E-state index contributed by atoms with van der Waals surface area (Å²) in [7, 11) is 0. The van der Waals surface area contributed by atoms with E-state index in [1.165, 1.54) is 0 Å². The summed E-state index contributed by atoms with van der Waals surface area (Å²) >= 11 is 0. The standard InChI is InChI=1S/C15H15N5/c1-10-7-8-13(16)12(9-10)15-17-18-19-20(15)14-6-4-3-5-11(14)2/h3-9H,16H2,1-2H3. The average Bonchev–Trinajstić information content (AvgIpc) is 2.91. The third-order valence-electron chi connectivity index (χ3n) is 3.26. The molecule has 100 valence electrons. The van der Waals surface area contributed by atoms with Gasteiger partial charge in [0.25, 0.3) is 0 Å². The first-order chi connectivity index (χ1) is 9.66. The predicted octanol–water partition coefficient (Wildman–Crippen LogP) is 2.53. The minimum atomic E-state index is 0.653. The normalized spacial score (nSPS) is 10.7. The van der Waals surface area contributed by atoms with Gasteiger partial charge in [0.2, 0.25) is 0 Å². The third-order valence-corrected chi connectivity index (χ3v) is 3.26. The number of rotatable bonds is 2. The maximum Gasteiger partial charge on any atom is 0.189 e. The van der Waals surface area contributed by atoms with Crippen molar-refractivity contribution in [3.63, 3.8) is 0 Å². The van der Waals surface area contributed by atoms with Crippen molar-refractivity contribution < 1.29 is 0 Å². The molecule has 0 saturated carbocycles. The van der Waals surface area contributed by atoms with Crippen LogP contribution in [0.3, 0.4) is 0 Å². The molecule has 0 unspecified atom stereocenters. The maximum absolute atomic E-state index is 6.06. The number of hydrogen-bond donors (Lipinski definition) is 1. The fourth-order valence-electron chi connectivity index (χ4n) is 2.18. The first kappa shape index (κ1) is 12.3. The monoisotopic (exact) mass is 265 g/mol. The average molecular weight is 265 g/mol. The number of nitrogens with two attached hydrogens (primary N) is 1. The van der Waals surface area contributed by atoms with Gasteiger partial charge in [-0.25, -0.2) is 0 Å². The van der Waals surface area contributed by atoms with Crippen molar-refractivity contribution in [2.75, 3.05) is 5.73 Å². The van der Waals surface area contributed by atoms with E-state index in [9.17, 15) is 0 Å². The number of anilines is 1. The number of hydrogen-bond acceptors (Lipinski definition) is 4. The number of aryl methyl sites for hydroxylation is 2. The van der Waals surface area contributed by atoms with Gasteiger partial charge in [0.05, 0.1) is 5.69 Å². The highest BCUT2D eigenvalue weighted by molar-refractivity contribution is 5.73. The van der Waals surface area contributed by atoms with Crippen LogP contribution in [0.2, 0.25) is 0 Å². The number of para-hydroxylation sites is 1. The molecule has 2 aromatic carbocycles. The second-order valence-corrected chi connectivity index (χ2v) is 4.79. The Morgan fingerprint density at radius 3 is 2.65 bits per heavy atom. The Balaban J connectivity index is 2.21. The first-order valence-corrected chi connectivity index (χ1v) is 6.37. The molecular weight excluding hydrogens is 250 g/mol. The second kappa shape index (κ2) is 4.77. The molecule has 0 aliphatic rings. The number of nitrogens with zero attached hydrogens (tertiary/aromatic N) is 4. The predicted molar refractivity (Wildman–Crippen MR) is 78.5 cm³/mol. The summed E-state index contributed by atoms with van der Waals surface area (Å²) in [6.45, 7) is 4.05. The lowest BCUT2D eigenvalue weighted by molar-refractivity contribution is 0.787. The van der Waals surface area contributed by atoms with Crippen molar-refractivity contribution in [1.29, 1.82) is 0 Å². The molecule has 20 heavy (non-hydrogen) atoms. The molecule has 3 rings (SSSR count). The molecule has 3 aromatic rings. The first-order valence-electron chi connectivity index (χ1n) is 6.37. The van der Waals surface area contributed by atoms with Crippen molar-refractivity contribution in [3.05, 3.63) is 53.6 Å². The molecule has 0 amide bonds. The van der Waals surface area contributed by atoms with E-state index in [1.807, 2.05) is 56.3 Å².